The molecule has 0 fully saturated rings. The molecule has 2 aromatic rings. The Kier molecular flexibility index (Phi) is 1.36. The minimum atomic E-state index is -0.220. The zero-order valence-electron chi connectivity index (χ0n) is 7.36. The summed E-state index contributed by atoms with van der Waals surface area (Å²) in [7, 11) is 0. The molecule has 0 aliphatic carbocycles. The summed E-state index contributed by atoms with van der Waals surface area (Å²) in [6, 6.07) is 9.61. The topological polar surface area (TPSA) is 39.2 Å². The molecule has 0 radical (unpaired) electrons. The number of esters is 1. The van der Waals surface area contributed by atoms with Gasteiger partial charge in [-0.1, -0.05) is 18.2 Å². The Balaban J connectivity index is 2.31. The number of hydrogen-bond acceptors (Lipinski definition) is 3. The molecule has 3 heteroatoms. The van der Waals surface area contributed by atoms with Crippen molar-refractivity contribution in [3.63, 3.8) is 0 Å². The van der Waals surface area contributed by atoms with Gasteiger partial charge >= 0.3 is 5.97 Å². The quantitative estimate of drug-likeness (QED) is 0.586. The summed E-state index contributed by atoms with van der Waals surface area (Å²) in [6.07, 6.45) is 0.292. The Hall–Kier alpha value is -1.90. The molecule has 1 aromatic carbocycles. The van der Waals surface area contributed by atoms with Crippen LogP contribution in [0.4, 0.5) is 0 Å². The van der Waals surface area contributed by atoms with E-state index in [1.54, 1.807) is 0 Å². The lowest BCUT2D eigenvalue weighted by atomic mass is 10.2. The van der Waals surface area contributed by atoms with Crippen LogP contribution in [0.1, 0.15) is 5.69 Å². The summed E-state index contributed by atoms with van der Waals surface area (Å²) in [5.74, 6) is 0.386. The van der Waals surface area contributed by atoms with E-state index in [4.69, 9.17) is 4.74 Å². The minimum absolute atomic E-state index is 0.220. The highest BCUT2D eigenvalue weighted by atomic mass is 16.5. The number of fused-ring (bicyclic) bond motifs is 2. The average molecular weight is 185 g/mol. The van der Waals surface area contributed by atoms with Crippen molar-refractivity contribution in [2.45, 2.75) is 6.42 Å². The molecule has 3 rings (SSSR count). The smallest absolute Gasteiger partial charge is 0.317 e. The van der Waals surface area contributed by atoms with Crippen molar-refractivity contribution < 1.29 is 9.53 Å². The van der Waals surface area contributed by atoms with E-state index >= 15 is 0 Å². The van der Waals surface area contributed by atoms with E-state index in [2.05, 4.69) is 4.98 Å². The number of carbonyl (C=O) groups excluding carboxylic acids is 1. The van der Waals surface area contributed by atoms with Gasteiger partial charge in [0.15, 0.2) is 5.75 Å². The highest BCUT2D eigenvalue weighted by molar-refractivity contribution is 5.86. The van der Waals surface area contributed by atoms with Crippen LogP contribution in [-0.2, 0) is 11.2 Å². The summed E-state index contributed by atoms with van der Waals surface area (Å²) in [4.78, 5) is 15.4. The summed E-state index contributed by atoms with van der Waals surface area (Å²) in [5.41, 5.74) is 1.65. The Morgan fingerprint density at radius 1 is 1.29 bits per heavy atom. The minimum Gasteiger partial charge on any atom is -0.424 e. The van der Waals surface area contributed by atoms with Crippen molar-refractivity contribution in [2.24, 2.45) is 0 Å². The van der Waals surface area contributed by atoms with Gasteiger partial charge in [-0.25, -0.2) is 4.98 Å². The molecule has 0 saturated carbocycles. The lowest BCUT2D eigenvalue weighted by Crippen LogP contribution is -2.00. The number of carbonyl (C=O) groups is 1. The van der Waals surface area contributed by atoms with Crippen LogP contribution in [0.3, 0.4) is 0 Å². The highest BCUT2D eigenvalue weighted by Crippen LogP contribution is 2.27. The molecule has 1 aliphatic rings. The second kappa shape index (κ2) is 2.54. The third-order valence-electron chi connectivity index (χ3n) is 2.30. The fourth-order valence-corrected chi connectivity index (χ4v) is 1.65. The van der Waals surface area contributed by atoms with Gasteiger partial charge in [-0.2, -0.15) is 0 Å². The van der Waals surface area contributed by atoms with Crippen LogP contribution >= 0.6 is 0 Å². The number of aromatic nitrogens is 1. The molecule has 1 aromatic heterocycles. The Morgan fingerprint density at radius 3 is 3.07 bits per heavy atom. The lowest BCUT2D eigenvalue weighted by Gasteiger charge is -1.99. The van der Waals surface area contributed by atoms with Gasteiger partial charge < -0.3 is 4.74 Å². The first kappa shape index (κ1) is 7.50. The summed E-state index contributed by atoms with van der Waals surface area (Å²) in [5, 5.41) is 1.00. The van der Waals surface area contributed by atoms with E-state index in [1.165, 1.54) is 0 Å². The Morgan fingerprint density at radius 2 is 2.14 bits per heavy atom. The standard InChI is InChI=1S/C11H7NO2/c13-11-6-9-10(14-11)5-7-3-1-2-4-8(7)12-9/h1-5H,6H2. The normalized spacial score (nSPS) is 14.1. The van der Waals surface area contributed by atoms with Crippen LogP contribution < -0.4 is 4.74 Å². The fraction of sp³-hybridized carbons (Fsp3) is 0.0909. The van der Waals surface area contributed by atoms with Crippen LogP contribution in [0.5, 0.6) is 5.75 Å². The van der Waals surface area contributed by atoms with Gasteiger partial charge in [-0.3, -0.25) is 4.79 Å². The maximum Gasteiger partial charge on any atom is 0.317 e. The van der Waals surface area contributed by atoms with E-state index in [1.807, 2.05) is 30.3 Å². The molecule has 0 spiro atoms. The van der Waals surface area contributed by atoms with Crippen molar-refractivity contribution in [3.05, 3.63) is 36.0 Å². The van der Waals surface area contributed by atoms with Crippen LogP contribution in [0.15, 0.2) is 30.3 Å². The highest BCUT2D eigenvalue weighted by Gasteiger charge is 2.21. The molecular weight excluding hydrogens is 178 g/mol. The number of para-hydroxylation sites is 1. The molecular formula is C11H7NO2. The largest absolute Gasteiger partial charge is 0.424 e. The van der Waals surface area contributed by atoms with E-state index in [-0.39, 0.29) is 5.97 Å². The number of rotatable bonds is 0. The third kappa shape index (κ3) is 0.988. The molecule has 3 nitrogen and oxygen atoms in total. The molecule has 0 saturated heterocycles. The maximum absolute atomic E-state index is 11.0. The van der Waals surface area contributed by atoms with Crippen molar-refractivity contribution in [2.75, 3.05) is 0 Å². The van der Waals surface area contributed by atoms with Gasteiger partial charge in [-0.15, -0.1) is 0 Å². The van der Waals surface area contributed by atoms with Gasteiger partial charge in [0.05, 0.1) is 17.6 Å². The van der Waals surface area contributed by atoms with Gasteiger partial charge in [0.2, 0.25) is 0 Å². The van der Waals surface area contributed by atoms with Crippen molar-refractivity contribution in [1.29, 1.82) is 0 Å². The zero-order chi connectivity index (χ0) is 9.54. The number of pyridine rings is 1. The monoisotopic (exact) mass is 185 g/mol. The van der Waals surface area contributed by atoms with Crippen molar-refractivity contribution in [3.8, 4) is 5.75 Å². The average Bonchev–Trinajstić information content (AvgIpc) is 2.53. The fourth-order valence-electron chi connectivity index (χ4n) is 1.65. The van der Waals surface area contributed by atoms with Gasteiger partial charge in [0.25, 0.3) is 0 Å². The number of hydrogen-bond donors (Lipinski definition) is 0. The first-order valence-corrected chi connectivity index (χ1v) is 4.42. The van der Waals surface area contributed by atoms with Crippen molar-refractivity contribution in [1.82, 2.24) is 4.98 Å². The SMILES string of the molecule is O=C1Cc2nc3ccccc3cc2O1. The maximum atomic E-state index is 11.0. The summed E-state index contributed by atoms with van der Waals surface area (Å²) < 4.78 is 5.01. The molecule has 0 bridgehead atoms. The number of ether oxygens (including phenoxy) is 1. The molecule has 0 atom stereocenters. The predicted molar refractivity (Wildman–Crippen MR) is 51.1 cm³/mol. The number of nitrogens with zero attached hydrogens (tertiary/aromatic N) is 1. The van der Waals surface area contributed by atoms with Crippen LogP contribution in [-0.4, -0.2) is 11.0 Å². The lowest BCUT2D eigenvalue weighted by molar-refractivity contribution is -0.131. The summed E-state index contributed by atoms with van der Waals surface area (Å²) >= 11 is 0. The second-order valence-electron chi connectivity index (χ2n) is 3.28. The summed E-state index contributed by atoms with van der Waals surface area (Å²) in [6.45, 7) is 0. The third-order valence-corrected chi connectivity index (χ3v) is 2.30. The molecule has 0 amide bonds. The van der Waals surface area contributed by atoms with Crippen LogP contribution in [0.2, 0.25) is 0 Å². The molecule has 2 heterocycles. The van der Waals surface area contributed by atoms with E-state index in [0.717, 1.165) is 16.6 Å². The first-order valence-electron chi connectivity index (χ1n) is 4.42. The van der Waals surface area contributed by atoms with Crippen molar-refractivity contribution >= 4 is 16.9 Å². The van der Waals surface area contributed by atoms with Gasteiger partial charge in [0, 0.05) is 5.39 Å². The van der Waals surface area contributed by atoms with E-state index in [9.17, 15) is 4.79 Å². The first-order chi connectivity index (χ1) is 6.83. The van der Waals surface area contributed by atoms with Gasteiger partial charge in [0.1, 0.15) is 0 Å². The van der Waals surface area contributed by atoms with E-state index < -0.39 is 0 Å². The van der Waals surface area contributed by atoms with Crippen LogP contribution in [0.25, 0.3) is 10.9 Å². The molecule has 1 aliphatic heterocycles. The molecule has 14 heavy (non-hydrogen) atoms. The zero-order valence-corrected chi connectivity index (χ0v) is 7.36. The van der Waals surface area contributed by atoms with Gasteiger partial charge in [-0.05, 0) is 12.1 Å². The second-order valence-corrected chi connectivity index (χ2v) is 3.28. The molecule has 0 unspecified atom stereocenters. The predicted octanol–water partition coefficient (Wildman–Crippen LogP) is 1.70. The van der Waals surface area contributed by atoms with Crippen LogP contribution in [0, 0.1) is 0 Å². The Bertz CT molecular complexity index is 487. The Labute approximate surface area is 80.3 Å². The van der Waals surface area contributed by atoms with E-state index in [0.29, 0.717) is 12.2 Å². The molecule has 0 N–H and O–H groups in total. The molecule has 68 valence electrons. The number of benzene rings is 1.